The van der Waals surface area contributed by atoms with Crippen molar-refractivity contribution >= 4 is 28.8 Å². The molecule has 0 fully saturated rings. The third kappa shape index (κ3) is 3.49. The fourth-order valence-electron chi connectivity index (χ4n) is 2.81. The summed E-state index contributed by atoms with van der Waals surface area (Å²) >= 11 is 6.01. The molecule has 4 heteroatoms. The Morgan fingerprint density at radius 2 is 1.86 bits per heavy atom. The van der Waals surface area contributed by atoms with Crippen molar-refractivity contribution < 1.29 is 4.79 Å². The summed E-state index contributed by atoms with van der Waals surface area (Å²) in [5.41, 5.74) is 9.28. The van der Waals surface area contributed by atoms with Crippen molar-refractivity contribution in [1.82, 2.24) is 0 Å². The molecule has 3 rings (SSSR count). The van der Waals surface area contributed by atoms with E-state index in [1.165, 1.54) is 5.56 Å². The first-order valence-corrected chi connectivity index (χ1v) is 7.59. The number of hydrogen-bond acceptors (Lipinski definition) is 3. The Hall–Kier alpha value is -2.26. The van der Waals surface area contributed by atoms with Crippen LogP contribution in [0.25, 0.3) is 0 Å². The molecule has 2 aromatic rings. The van der Waals surface area contributed by atoms with Crippen LogP contribution in [0.5, 0.6) is 0 Å². The summed E-state index contributed by atoms with van der Waals surface area (Å²) in [6.45, 7) is 0. The summed E-state index contributed by atoms with van der Waals surface area (Å²) in [7, 11) is 0. The molecule has 22 heavy (non-hydrogen) atoms. The number of allylic oxidation sites excluding steroid dienone is 2. The molecule has 0 radical (unpaired) electrons. The van der Waals surface area contributed by atoms with Crippen LogP contribution in [0.2, 0.25) is 5.02 Å². The number of ketones is 1. The van der Waals surface area contributed by atoms with Crippen LogP contribution in [-0.4, -0.2) is 5.78 Å². The zero-order valence-corrected chi connectivity index (χ0v) is 12.8. The van der Waals surface area contributed by atoms with Crippen molar-refractivity contribution in [3.8, 4) is 0 Å². The lowest BCUT2D eigenvalue weighted by atomic mass is 9.85. The van der Waals surface area contributed by atoms with Gasteiger partial charge in [-0.25, -0.2) is 0 Å². The van der Waals surface area contributed by atoms with Crippen molar-refractivity contribution in [2.75, 3.05) is 11.1 Å². The number of nitrogens with one attached hydrogen (secondary N) is 1. The number of hydrogen-bond donors (Lipinski definition) is 2. The first-order chi connectivity index (χ1) is 10.6. The minimum absolute atomic E-state index is 0.137. The molecule has 0 amide bonds. The van der Waals surface area contributed by atoms with Gasteiger partial charge in [0.2, 0.25) is 0 Å². The molecule has 0 saturated carbocycles. The fraction of sp³-hybridized carbons (Fsp3) is 0.167. The Balaban J connectivity index is 1.80. The smallest absolute Gasteiger partial charge is 0.158 e. The summed E-state index contributed by atoms with van der Waals surface area (Å²) in [6, 6.07) is 15.4. The monoisotopic (exact) mass is 312 g/mol. The van der Waals surface area contributed by atoms with E-state index >= 15 is 0 Å². The van der Waals surface area contributed by atoms with Gasteiger partial charge in [0.25, 0.3) is 0 Å². The van der Waals surface area contributed by atoms with Crippen LogP contribution in [-0.2, 0) is 4.79 Å². The van der Waals surface area contributed by atoms with Crippen LogP contribution in [0, 0.1) is 0 Å². The van der Waals surface area contributed by atoms with Crippen LogP contribution < -0.4 is 11.1 Å². The number of benzene rings is 2. The Bertz CT molecular complexity index is 705. The van der Waals surface area contributed by atoms with E-state index in [1.807, 2.05) is 24.3 Å². The van der Waals surface area contributed by atoms with Gasteiger partial charge in [0.15, 0.2) is 5.78 Å². The van der Waals surface area contributed by atoms with E-state index < -0.39 is 0 Å². The topological polar surface area (TPSA) is 55.1 Å². The summed E-state index contributed by atoms with van der Waals surface area (Å²) in [5, 5.41) is 3.84. The van der Waals surface area contributed by atoms with Gasteiger partial charge in [0.1, 0.15) is 0 Å². The molecule has 0 unspecified atom stereocenters. The fourth-order valence-corrected chi connectivity index (χ4v) is 3.05. The number of rotatable bonds is 3. The van der Waals surface area contributed by atoms with Crippen molar-refractivity contribution in [3.05, 3.63) is 70.9 Å². The molecular weight excluding hydrogens is 296 g/mol. The van der Waals surface area contributed by atoms with Crippen molar-refractivity contribution in [2.24, 2.45) is 0 Å². The second-order valence-electron chi connectivity index (χ2n) is 5.55. The first kappa shape index (κ1) is 14.7. The van der Waals surface area contributed by atoms with Gasteiger partial charge >= 0.3 is 0 Å². The Kier molecular flexibility index (Phi) is 4.16. The number of nitrogen functional groups attached to an aromatic ring is 1. The lowest BCUT2D eigenvalue weighted by Gasteiger charge is -2.23. The molecule has 0 aromatic heterocycles. The van der Waals surface area contributed by atoms with Gasteiger partial charge in [-0.15, -0.1) is 0 Å². The molecule has 0 saturated heterocycles. The average Bonchev–Trinajstić information content (AvgIpc) is 2.46. The number of anilines is 2. The maximum absolute atomic E-state index is 12.0. The van der Waals surface area contributed by atoms with Crippen LogP contribution in [0.15, 0.2) is 60.3 Å². The standard InChI is InChI=1S/C18H17ClN2O/c19-14-8-15(20)10-17(9-14)21-16-6-13(7-18(22)11-16)12-4-2-1-3-5-12/h1-5,8-11,13,21H,6-7,20H2/t13-/m0/s1. The molecule has 3 nitrogen and oxygen atoms in total. The van der Waals surface area contributed by atoms with E-state index in [1.54, 1.807) is 18.2 Å². The molecule has 0 aliphatic heterocycles. The Morgan fingerprint density at radius 3 is 2.59 bits per heavy atom. The highest BCUT2D eigenvalue weighted by molar-refractivity contribution is 6.31. The van der Waals surface area contributed by atoms with Crippen molar-refractivity contribution in [3.63, 3.8) is 0 Å². The van der Waals surface area contributed by atoms with Crippen LogP contribution in [0.4, 0.5) is 11.4 Å². The molecule has 0 bridgehead atoms. The second-order valence-corrected chi connectivity index (χ2v) is 5.99. The average molecular weight is 313 g/mol. The molecule has 1 aliphatic rings. The number of nitrogens with two attached hydrogens (primary N) is 1. The molecule has 0 heterocycles. The summed E-state index contributed by atoms with van der Waals surface area (Å²) < 4.78 is 0. The van der Waals surface area contributed by atoms with E-state index in [0.717, 1.165) is 17.8 Å². The Labute approximate surface area is 134 Å². The first-order valence-electron chi connectivity index (χ1n) is 7.21. The minimum Gasteiger partial charge on any atom is -0.399 e. The van der Waals surface area contributed by atoms with E-state index in [4.69, 9.17) is 17.3 Å². The van der Waals surface area contributed by atoms with E-state index in [2.05, 4.69) is 17.4 Å². The summed E-state index contributed by atoms with van der Waals surface area (Å²) in [5.74, 6) is 0.343. The normalized spacial score (nSPS) is 18.0. The SMILES string of the molecule is Nc1cc(Cl)cc(NC2=CC(=O)C[C@@H](c3ccccc3)C2)c1. The highest BCUT2D eigenvalue weighted by Gasteiger charge is 2.22. The summed E-state index contributed by atoms with van der Waals surface area (Å²) in [4.78, 5) is 12.0. The lowest BCUT2D eigenvalue weighted by molar-refractivity contribution is -0.115. The summed E-state index contributed by atoms with van der Waals surface area (Å²) in [6.07, 6.45) is 3.02. The zero-order chi connectivity index (χ0) is 15.5. The Morgan fingerprint density at radius 1 is 1.09 bits per heavy atom. The third-order valence-corrected chi connectivity index (χ3v) is 3.96. The van der Waals surface area contributed by atoms with Crippen molar-refractivity contribution in [1.29, 1.82) is 0 Å². The van der Waals surface area contributed by atoms with Gasteiger partial charge in [-0.2, -0.15) is 0 Å². The highest BCUT2D eigenvalue weighted by atomic mass is 35.5. The van der Waals surface area contributed by atoms with Gasteiger partial charge in [0, 0.05) is 34.6 Å². The van der Waals surface area contributed by atoms with Crippen molar-refractivity contribution in [2.45, 2.75) is 18.8 Å². The maximum Gasteiger partial charge on any atom is 0.158 e. The maximum atomic E-state index is 12.0. The molecule has 0 spiro atoms. The zero-order valence-electron chi connectivity index (χ0n) is 12.1. The minimum atomic E-state index is 0.137. The molecular formula is C18H17ClN2O. The van der Waals surface area contributed by atoms with Gasteiger partial charge in [0.05, 0.1) is 0 Å². The largest absolute Gasteiger partial charge is 0.399 e. The van der Waals surface area contributed by atoms with Gasteiger partial charge < -0.3 is 11.1 Å². The lowest BCUT2D eigenvalue weighted by Crippen LogP contribution is -2.16. The number of carbonyl (C=O) groups excluding carboxylic acids is 1. The molecule has 112 valence electrons. The van der Waals surface area contributed by atoms with E-state index in [9.17, 15) is 4.79 Å². The molecule has 1 atom stereocenters. The molecule has 1 aliphatic carbocycles. The predicted molar refractivity (Wildman–Crippen MR) is 91.0 cm³/mol. The molecule has 3 N–H and O–H groups in total. The van der Waals surface area contributed by atoms with Crippen LogP contribution >= 0.6 is 11.6 Å². The molecule has 2 aromatic carbocycles. The van der Waals surface area contributed by atoms with Crippen LogP contribution in [0.3, 0.4) is 0 Å². The second kappa shape index (κ2) is 6.24. The van der Waals surface area contributed by atoms with E-state index in [-0.39, 0.29) is 11.7 Å². The van der Waals surface area contributed by atoms with Crippen LogP contribution in [0.1, 0.15) is 24.3 Å². The number of halogens is 1. The highest BCUT2D eigenvalue weighted by Crippen LogP contribution is 2.32. The van der Waals surface area contributed by atoms with Gasteiger partial charge in [-0.1, -0.05) is 41.9 Å². The number of carbonyl (C=O) groups is 1. The quantitative estimate of drug-likeness (QED) is 0.828. The van der Waals surface area contributed by atoms with Gasteiger partial charge in [-0.3, -0.25) is 4.79 Å². The third-order valence-electron chi connectivity index (χ3n) is 3.75. The van der Waals surface area contributed by atoms with E-state index in [0.29, 0.717) is 17.1 Å². The predicted octanol–water partition coefficient (Wildman–Crippen LogP) is 4.36. The van der Waals surface area contributed by atoms with Gasteiger partial charge in [-0.05, 0) is 36.1 Å².